The van der Waals surface area contributed by atoms with Crippen LogP contribution in [0.1, 0.15) is 39.5 Å². The molecule has 0 saturated carbocycles. The van der Waals surface area contributed by atoms with E-state index < -0.39 is 15.9 Å². The second kappa shape index (κ2) is 9.38. The minimum absolute atomic E-state index is 0.299. The lowest BCUT2D eigenvalue weighted by Crippen LogP contribution is -1.99. The van der Waals surface area contributed by atoms with Crippen LogP contribution in [0.5, 0.6) is 0 Å². The number of rotatable bonds is 10. The number of hydrogen-bond donors (Lipinski definition) is 0. The van der Waals surface area contributed by atoms with Gasteiger partial charge in [-0.05, 0) is 12.8 Å². The highest BCUT2D eigenvalue weighted by atomic mass is 31.2. The van der Waals surface area contributed by atoms with Crippen LogP contribution in [0, 0.1) is 0 Å². The third-order valence-corrected chi connectivity index (χ3v) is 5.43. The molecule has 0 aliphatic carbocycles. The first kappa shape index (κ1) is 16.3. The van der Waals surface area contributed by atoms with Gasteiger partial charge in [0, 0.05) is 7.11 Å². The van der Waals surface area contributed by atoms with E-state index in [1.807, 2.05) is 13.8 Å². The van der Waals surface area contributed by atoms with E-state index in [-0.39, 0.29) is 0 Å². The van der Waals surface area contributed by atoms with Crippen molar-refractivity contribution in [3.05, 3.63) is 0 Å². The summed E-state index contributed by atoms with van der Waals surface area (Å²) < 4.78 is 37.8. The molecule has 0 N–H and O–H groups in total. The van der Waals surface area contributed by atoms with Crippen molar-refractivity contribution in [1.82, 2.24) is 0 Å². The SMILES string of the molecule is CCCCOP(=O)(CCCC)O[PH](=O)OC. The molecule has 0 fully saturated rings. The molecule has 98 valence electrons. The summed E-state index contributed by atoms with van der Waals surface area (Å²) in [4.78, 5) is 0. The normalized spacial score (nSPS) is 16.9. The van der Waals surface area contributed by atoms with Gasteiger partial charge in [-0.25, -0.2) is 4.31 Å². The third kappa shape index (κ3) is 7.59. The standard InChI is InChI=1S/C9H22O5P2/c1-4-6-8-13-16(11,9-7-5-2)14-15(10)12-3/h15H,4-9H2,1-3H3. The Bertz CT molecular complexity index is 244. The van der Waals surface area contributed by atoms with E-state index in [0.29, 0.717) is 12.8 Å². The molecule has 0 radical (unpaired) electrons. The first-order chi connectivity index (χ1) is 7.58. The maximum atomic E-state index is 12.1. The number of unbranched alkanes of at least 4 members (excludes halogenated alkanes) is 2. The predicted molar refractivity (Wildman–Crippen MR) is 65.3 cm³/mol. The smallest absolute Gasteiger partial charge is 0.314 e. The van der Waals surface area contributed by atoms with Crippen LogP contribution in [0.15, 0.2) is 0 Å². The molecule has 0 heterocycles. The quantitative estimate of drug-likeness (QED) is 0.446. The summed E-state index contributed by atoms with van der Waals surface area (Å²) in [6.45, 7) is 4.37. The van der Waals surface area contributed by atoms with Crippen molar-refractivity contribution in [3.63, 3.8) is 0 Å². The van der Waals surface area contributed by atoms with Gasteiger partial charge < -0.3 is 9.05 Å². The second-order valence-corrected chi connectivity index (χ2v) is 6.99. The molecule has 16 heavy (non-hydrogen) atoms. The van der Waals surface area contributed by atoms with Gasteiger partial charge in [-0.3, -0.25) is 9.13 Å². The van der Waals surface area contributed by atoms with Crippen LogP contribution in [-0.4, -0.2) is 19.9 Å². The average molecular weight is 272 g/mol. The zero-order chi connectivity index (χ0) is 12.4. The van der Waals surface area contributed by atoms with Gasteiger partial charge in [0.15, 0.2) is 0 Å². The molecule has 0 rings (SSSR count). The molecule has 7 heteroatoms. The van der Waals surface area contributed by atoms with Crippen molar-refractivity contribution in [2.24, 2.45) is 0 Å². The highest BCUT2D eigenvalue weighted by Crippen LogP contribution is 2.56. The van der Waals surface area contributed by atoms with E-state index in [9.17, 15) is 9.13 Å². The highest BCUT2D eigenvalue weighted by Gasteiger charge is 2.26. The fourth-order valence-electron chi connectivity index (χ4n) is 0.987. The van der Waals surface area contributed by atoms with Crippen molar-refractivity contribution < 1.29 is 22.5 Å². The van der Waals surface area contributed by atoms with Crippen molar-refractivity contribution in [3.8, 4) is 0 Å². The first-order valence-corrected chi connectivity index (χ1v) is 8.54. The second-order valence-electron chi connectivity index (χ2n) is 3.42. The van der Waals surface area contributed by atoms with Crippen molar-refractivity contribution in [2.45, 2.75) is 39.5 Å². The van der Waals surface area contributed by atoms with Gasteiger partial charge in [0.05, 0.1) is 12.8 Å². The summed E-state index contributed by atoms with van der Waals surface area (Å²) >= 11 is 0. The van der Waals surface area contributed by atoms with Gasteiger partial charge in [-0.1, -0.05) is 26.7 Å². The Hall–Kier alpha value is 0.340. The van der Waals surface area contributed by atoms with Gasteiger partial charge >= 0.3 is 15.9 Å². The Morgan fingerprint density at radius 2 is 1.81 bits per heavy atom. The molecule has 0 aromatic heterocycles. The lowest BCUT2D eigenvalue weighted by molar-refractivity contribution is 0.248. The maximum Gasteiger partial charge on any atom is 0.337 e. The monoisotopic (exact) mass is 272 g/mol. The molecule has 2 atom stereocenters. The minimum atomic E-state index is -3.23. The van der Waals surface area contributed by atoms with Crippen LogP contribution >= 0.6 is 15.9 Å². The van der Waals surface area contributed by atoms with Crippen LogP contribution in [-0.2, 0) is 22.5 Å². The van der Waals surface area contributed by atoms with Gasteiger partial charge in [0.25, 0.3) is 0 Å². The molecule has 0 spiro atoms. The van der Waals surface area contributed by atoms with Crippen molar-refractivity contribution >= 4 is 15.9 Å². The molecule has 0 aliphatic heterocycles. The molecule has 0 saturated heterocycles. The molecule has 0 amide bonds. The third-order valence-electron chi connectivity index (χ3n) is 1.95. The molecular formula is C9H22O5P2. The molecule has 0 bridgehead atoms. The van der Waals surface area contributed by atoms with E-state index in [4.69, 9.17) is 8.83 Å². The van der Waals surface area contributed by atoms with Gasteiger partial charge in [-0.2, -0.15) is 0 Å². The van der Waals surface area contributed by atoms with E-state index >= 15 is 0 Å². The van der Waals surface area contributed by atoms with Gasteiger partial charge in [0.2, 0.25) is 0 Å². The van der Waals surface area contributed by atoms with E-state index in [2.05, 4.69) is 4.52 Å². The van der Waals surface area contributed by atoms with E-state index in [1.165, 1.54) is 7.11 Å². The van der Waals surface area contributed by atoms with Crippen LogP contribution in [0.3, 0.4) is 0 Å². The Balaban J connectivity index is 4.24. The van der Waals surface area contributed by atoms with Crippen molar-refractivity contribution in [2.75, 3.05) is 19.9 Å². The summed E-state index contributed by atoms with van der Waals surface area (Å²) in [6, 6.07) is 0. The summed E-state index contributed by atoms with van der Waals surface area (Å²) in [6.07, 6.45) is 3.67. The summed E-state index contributed by atoms with van der Waals surface area (Å²) in [5.74, 6) is 0. The Morgan fingerprint density at radius 1 is 1.19 bits per heavy atom. The lowest BCUT2D eigenvalue weighted by Gasteiger charge is -2.17. The highest BCUT2D eigenvalue weighted by molar-refractivity contribution is 7.60. The van der Waals surface area contributed by atoms with Gasteiger partial charge in [0.1, 0.15) is 0 Å². The van der Waals surface area contributed by atoms with Crippen LogP contribution in [0.4, 0.5) is 0 Å². The van der Waals surface area contributed by atoms with E-state index in [1.54, 1.807) is 0 Å². The zero-order valence-corrected chi connectivity index (χ0v) is 12.1. The molecule has 0 aromatic carbocycles. The van der Waals surface area contributed by atoms with Gasteiger partial charge in [-0.15, -0.1) is 0 Å². The minimum Gasteiger partial charge on any atom is -0.314 e. The Kier molecular flexibility index (Phi) is 9.58. The van der Waals surface area contributed by atoms with Crippen LogP contribution in [0.2, 0.25) is 0 Å². The summed E-state index contributed by atoms with van der Waals surface area (Å²) in [5.41, 5.74) is 0. The Labute approximate surface area is 98.3 Å². The predicted octanol–water partition coefficient (Wildman–Crippen LogP) is 3.85. The largest absolute Gasteiger partial charge is 0.337 e. The average Bonchev–Trinajstić information content (AvgIpc) is 2.27. The van der Waals surface area contributed by atoms with Crippen LogP contribution in [0.25, 0.3) is 0 Å². The molecule has 5 nitrogen and oxygen atoms in total. The summed E-state index contributed by atoms with van der Waals surface area (Å²) in [7, 11) is -4.66. The fraction of sp³-hybridized carbons (Fsp3) is 1.00. The topological polar surface area (TPSA) is 61.8 Å². The zero-order valence-electron chi connectivity index (χ0n) is 10.2. The molecule has 2 unspecified atom stereocenters. The summed E-state index contributed by atoms with van der Waals surface area (Å²) in [5, 5.41) is 0. The first-order valence-electron chi connectivity index (χ1n) is 5.59. The lowest BCUT2D eigenvalue weighted by atomic mass is 10.4. The number of hydrogen-bond acceptors (Lipinski definition) is 5. The molecular weight excluding hydrogens is 250 g/mol. The Morgan fingerprint density at radius 3 is 2.31 bits per heavy atom. The maximum absolute atomic E-state index is 12.1. The molecule has 0 aromatic rings. The van der Waals surface area contributed by atoms with Crippen LogP contribution < -0.4 is 0 Å². The fourth-order valence-corrected chi connectivity index (χ4v) is 4.01. The molecule has 0 aliphatic rings. The van der Waals surface area contributed by atoms with Crippen molar-refractivity contribution in [1.29, 1.82) is 0 Å². The van der Waals surface area contributed by atoms with E-state index in [0.717, 1.165) is 25.7 Å².